The molecule has 0 atom stereocenters. The zero-order chi connectivity index (χ0) is 14.4. The first-order chi connectivity index (χ1) is 9.69. The molecule has 0 aromatic heterocycles. The van der Waals surface area contributed by atoms with Gasteiger partial charge in [-0.2, -0.15) is 0 Å². The summed E-state index contributed by atoms with van der Waals surface area (Å²) in [5, 5.41) is 3.48. The molecule has 1 N–H and O–H groups in total. The Morgan fingerprint density at radius 3 is 2.45 bits per heavy atom. The van der Waals surface area contributed by atoms with Crippen molar-refractivity contribution in [1.29, 1.82) is 0 Å². The lowest BCUT2D eigenvalue weighted by Gasteiger charge is -2.05. The summed E-state index contributed by atoms with van der Waals surface area (Å²) in [4.78, 5) is 1.20. The topological polar surface area (TPSA) is 12.0 Å². The van der Waals surface area contributed by atoms with E-state index in [0.29, 0.717) is 0 Å². The molecule has 0 aliphatic rings. The monoisotopic (exact) mass is 309 g/mol. The van der Waals surface area contributed by atoms with Crippen LogP contribution in [0.25, 0.3) is 0 Å². The number of benzene rings is 2. The molecule has 0 radical (unpaired) electrons. The number of halogens is 2. The Labute approximate surface area is 128 Å². The van der Waals surface area contributed by atoms with Crippen molar-refractivity contribution >= 4 is 23.4 Å². The van der Waals surface area contributed by atoms with Crippen LogP contribution in [0.5, 0.6) is 0 Å². The van der Waals surface area contributed by atoms with Crippen LogP contribution in [0.15, 0.2) is 47.4 Å². The Morgan fingerprint density at radius 1 is 1.10 bits per heavy atom. The van der Waals surface area contributed by atoms with Crippen molar-refractivity contribution in [2.45, 2.75) is 24.1 Å². The lowest BCUT2D eigenvalue weighted by molar-refractivity contribution is 0.628. The maximum Gasteiger partial charge on any atom is 0.141 e. The number of rotatable bonds is 6. The van der Waals surface area contributed by atoms with E-state index >= 15 is 0 Å². The van der Waals surface area contributed by atoms with Gasteiger partial charge in [0.15, 0.2) is 0 Å². The van der Waals surface area contributed by atoms with Gasteiger partial charge in [-0.3, -0.25) is 0 Å². The molecule has 0 unspecified atom stereocenters. The van der Waals surface area contributed by atoms with Crippen molar-refractivity contribution in [2.75, 3.05) is 6.54 Å². The second kappa shape index (κ2) is 7.67. The molecule has 0 amide bonds. The zero-order valence-electron chi connectivity index (χ0n) is 11.3. The quantitative estimate of drug-likeness (QED) is 0.763. The molecule has 106 valence electrons. The minimum absolute atomic E-state index is 0.184. The van der Waals surface area contributed by atoms with Crippen molar-refractivity contribution in [3.63, 3.8) is 0 Å². The molecule has 2 aromatic carbocycles. The molecule has 0 saturated heterocycles. The van der Waals surface area contributed by atoms with Gasteiger partial charge in [0.25, 0.3) is 0 Å². The van der Waals surface area contributed by atoms with Gasteiger partial charge in [0.1, 0.15) is 5.82 Å². The van der Waals surface area contributed by atoms with Gasteiger partial charge >= 0.3 is 0 Å². The Balaban J connectivity index is 1.91. The molecule has 2 rings (SSSR count). The minimum atomic E-state index is -0.367. The van der Waals surface area contributed by atoms with E-state index in [1.165, 1.54) is 16.5 Å². The maximum absolute atomic E-state index is 13.1. The molecule has 0 bridgehead atoms. The Bertz CT molecular complexity index is 557. The van der Waals surface area contributed by atoms with Crippen LogP contribution in [-0.2, 0) is 12.3 Å². The molecule has 20 heavy (non-hydrogen) atoms. The predicted octanol–water partition coefficient (Wildman–Crippen LogP) is 4.88. The van der Waals surface area contributed by atoms with Crippen LogP contribution < -0.4 is 5.32 Å². The highest BCUT2D eigenvalue weighted by molar-refractivity contribution is 7.98. The van der Waals surface area contributed by atoms with Crippen LogP contribution in [0.4, 0.5) is 4.39 Å². The molecule has 0 aliphatic heterocycles. The van der Waals surface area contributed by atoms with Crippen LogP contribution in [0.2, 0.25) is 5.02 Å². The smallest absolute Gasteiger partial charge is 0.141 e. The van der Waals surface area contributed by atoms with Gasteiger partial charge in [0.2, 0.25) is 0 Å². The van der Waals surface area contributed by atoms with E-state index in [-0.39, 0.29) is 10.8 Å². The first kappa shape index (κ1) is 15.4. The van der Waals surface area contributed by atoms with Gasteiger partial charge in [-0.25, -0.2) is 4.39 Å². The fourth-order valence-corrected chi connectivity index (χ4v) is 2.81. The molecular weight excluding hydrogens is 293 g/mol. The van der Waals surface area contributed by atoms with Crippen molar-refractivity contribution in [1.82, 2.24) is 5.32 Å². The first-order valence-corrected chi connectivity index (χ1v) is 7.92. The highest BCUT2D eigenvalue weighted by Gasteiger charge is 2.02. The normalized spacial score (nSPS) is 10.8. The zero-order valence-corrected chi connectivity index (χ0v) is 12.9. The van der Waals surface area contributed by atoms with Crippen LogP contribution in [0, 0.1) is 5.82 Å². The van der Waals surface area contributed by atoms with Crippen LogP contribution in [0.3, 0.4) is 0 Å². The van der Waals surface area contributed by atoms with Gasteiger partial charge < -0.3 is 5.32 Å². The number of nitrogens with one attached hydrogen (secondary N) is 1. The molecule has 4 heteroatoms. The van der Waals surface area contributed by atoms with Gasteiger partial charge in [0, 0.05) is 17.2 Å². The van der Waals surface area contributed by atoms with Gasteiger partial charge in [-0.1, -0.05) is 36.7 Å². The van der Waals surface area contributed by atoms with E-state index in [2.05, 4.69) is 36.5 Å². The predicted molar refractivity (Wildman–Crippen MR) is 84.8 cm³/mol. The van der Waals surface area contributed by atoms with Crippen LogP contribution in [-0.4, -0.2) is 6.54 Å². The van der Waals surface area contributed by atoms with Crippen LogP contribution >= 0.6 is 23.4 Å². The van der Waals surface area contributed by atoms with Crippen molar-refractivity contribution in [3.05, 3.63) is 64.4 Å². The average Bonchev–Trinajstić information content (AvgIpc) is 2.47. The van der Waals surface area contributed by atoms with E-state index < -0.39 is 0 Å². The largest absolute Gasteiger partial charge is 0.313 e. The molecule has 0 saturated carbocycles. The summed E-state index contributed by atoms with van der Waals surface area (Å²) in [5.74, 6) is 0.417. The van der Waals surface area contributed by atoms with E-state index in [9.17, 15) is 4.39 Å². The van der Waals surface area contributed by atoms with E-state index in [1.807, 2.05) is 0 Å². The van der Waals surface area contributed by atoms with Crippen molar-refractivity contribution < 1.29 is 4.39 Å². The second-order valence-corrected chi connectivity index (χ2v) is 5.92. The third-order valence-corrected chi connectivity index (χ3v) is 4.26. The van der Waals surface area contributed by atoms with Gasteiger partial charge in [-0.15, -0.1) is 11.8 Å². The van der Waals surface area contributed by atoms with E-state index in [4.69, 9.17) is 11.6 Å². The second-order valence-electron chi connectivity index (χ2n) is 4.46. The molecule has 0 aliphatic carbocycles. The number of thioether (sulfide) groups is 1. The molecular formula is C16H17ClFNS. The van der Waals surface area contributed by atoms with Gasteiger partial charge in [-0.05, 0) is 41.9 Å². The Kier molecular flexibility index (Phi) is 5.89. The molecule has 0 spiro atoms. The summed E-state index contributed by atoms with van der Waals surface area (Å²) in [6.07, 6.45) is 0. The maximum atomic E-state index is 13.1. The standard InChI is InChI=1S/C16H17ClFNS/c1-2-19-10-12-3-6-14(7-4-12)20-11-13-5-8-16(18)15(17)9-13/h3-9,19H,2,10-11H2,1H3. The third kappa shape index (κ3) is 4.51. The third-order valence-electron chi connectivity index (χ3n) is 2.89. The summed E-state index contributed by atoms with van der Waals surface area (Å²) < 4.78 is 13.1. The Hall–Kier alpha value is -1.03. The summed E-state index contributed by atoms with van der Waals surface area (Å²) in [5.41, 5.74) is 2.30. The van der Waals surface area contributed by atoms with Crippen molar-refractivity contribution in [2.24, 2.45) is 0 Å². The molecule has 2 aromatic rings. The molecule has 0 fully saturated rings. The summed E-state index contributed by atoms with van der Waals surface area (Å²) in [6.45, 7) is 3.97. The molecule has 0 heterocycles. The lowest BCUT2D eigenvalue weighted by Crippen LogP contribution is -2.11. The Morgan fingerprint density at radius 2 is 1.80 bits per heavy atom. The molecule has 1 nitrogen and oxygen atoms in total. The summed E-state index contributed by atoms with van der Waals surface area (Å²) >= 11 is 7.49. The van der Waals surface area contributed by atoms with E-state index in [0.717, 1.165) is 24.4 Å². The van der Waals surface area contributed by atoms with Gasteiger partial charge in [0.05, 0.1) is 5.02 Å². The SMILES string of the molecule is CCNCc1ccc(SCc2ccc(F)c(Cl)c2)cc1. The summed E-state index contributed by atoms with van der Waals surface area (Å²) in [6, 6.07) is 13.4. The highest BCUT2D eigenvalue weighted by atomic mass is 35.5. The minimum Gasteiger partial charge on any atom is -0.313 e. The van der Waals surface area contributed by atoms with E-state index in [1.54, 1.807) is 23.9 Å². The number of hydrogen-bond donors (Lipinski definition) is 1. The van der Waals surface area contributed by atoms with Crippen molar-refractivity contribution in [3.8, 4) is 0 Å². The highest BCUT2D eigenvalue weighted by Crippen LogP contribution is 2.25. The number of hydrogen-bond acceptors (Lipinski definition) is 2. The average molecular weight is 310 g/mol. The lowest BCUT2D eigenvalue weighted by atomic mass is 10.2. The fraction of sp³-hybridized carbons (Fsp3) is 0.250. The van der Waals surface area contributed by atoms with Crippen LogP contribution in [0.1, 0.15) is 18.1 Å². The summed E-state index contributed by atoms with van der Waals surface area (Å²) in [7, 11) is 0. The fourth-order valence-electron chi connectivity index (χ4n) is 1.77. The first-order valence-electron chi connectivity index (χ1n) is 6.55.